The summed E-state index contributed by atoms with van der Waals surface area (Å²) in [4.78, 5) is 32.4. The maximum Gasteiger partial charge on any atom is 0.262 e. The highest BCUT2D eigenvalue weighted by atomic mass is 32.2. The lowest BCUT2D eigenvalue weighted by atomic mass is 10.1. The number of thioether (sulfide) groups is 1. The van der Waals surface area contributed by atoms with Crippen molar-refractivity contribution in [2.75, 3.05) is 18.8 Å². The zero-order valence-corrected chi connectivity index (χ0v) is 16.7. The van der Waals surface area contributed by atoms with E-state index in [4.69, 9.17) is 4.98 Å². The number of amides is 1. The van der Waals surface area contributed by atoms with Crippen molar-refractivity contribution in [3.05, 3.63) is 70.5 Å². The van der Waals surface area contributed by atoms with E-state index in [1.165, 1.54) is 11.8 Å². The Bertz CT molecular complexity index is 1040. The van der Waals surface area contributed by atoms with Crippen LogP contribution in [0, 0.1) is 0 Å². The first-order chi connectivity index (χ1) is 13.6. The fourth-order valence-electron chi connectivity index (χ4n) is 3.63. The molecule has 3 aromatic rings. The van der Waals surface area contributed by atoms with Crippen molar-refractivity contribution in [3.8, 4) is 0 Å². The first kappa shape index (κ1) is 18.7. The maximum absolute atomic E-state index is 13.3. The van der Waals surface area contributed by atoms with E-state index in [1.54, 1.807) is 4.57 Å². The molecule has 5 nitrogen and oxygen atoms in total. The number of hydrogen-bond acceptors (Lipinski definition) is 4. The SMILES string of the molecule is C[C@H](c1ccccc1)n1c(SCC(=O)N2CCCC2)nc2ccccc2c1=O. The molecular weight excluding hydrogens is 370 g/mol. The summed E-state index contributed by atoms with van der Waals surface area (Å²) in [5.74, 6) is 0.413. The van der Waals surface area contributed by atoms with Crippen molar-refractivity contribution in [3.63, 3.8) is 0 Å². The number of benzene rings is 2. The molecule has 0 N–H and O–H groups in total. The largest absolute Gasteiger partial charge is 0.342 e. The van der Waals surface area contributed by atoms with E-state index in [1.807, 2.05) is 66.4 Å². The van der Waals surface area contributed by atoms with Crippen molar-refractivity contribution in [1.29, 1.82) is 0 Å². The first-order valence-corrected chi connectivity index (χ1v) is 10.6. The number of carbonyl (C=O) groups excluding carboxylic acids is 1. The van der Waals surface area contributed by atoms with Crippen molar-refractivity contribution in [2.45, 2.75) is 31.0 Å². The van der Waals surface area contributed by atoms with Crippen LogP contribution in [0.2, 0.25) is 0 Å². The van der Waals surface area contributed by atoms with Crippen LogP contribution in [0.25, 0.3) is 10.9 Å². The van der Waals surface area contributed by atoms with Gasteiger partial charge in [-0.2, -0.15) is 0 Å². The second kappa shape index (κ2) is 8.19. The van der Waals surface area contributed by atoms with Gasteiger partial charge in [-0.05, 0) is 37.5 Å². The van der Waals surface area contributed by atoms with Crippen LogP contribution in [-0.4, -0.2) is 39.2 Å². The van der Waals surface area contributed by atoms with Gasteiger partial charge in [0.05, 0.1) is 22.7 Å². The molecule has 1 aromatic heterocycles. The molecule has 28 heavy (non-hydrogen) atoms. The predicted octanol–water partition coefficient (Wildman–Crippen LogP) is 3.72. The summed E-state index contributed by atoms with van der Waals surface area (Å²) in [6, 6.07) is 17.1. The van der Waals surface area contributed by atoms with E-state index in [2.05, 4.69) is 0 Å². The number of nitrogens with zero attached hydrogens (tertiary/aromatic N) is 3. The molecular formula is C22H23N3O2S. The Labute approximate surface area is 168 Å². The van der Waals surface area contributed by atoms with E-state index < -0.39 is 0 Å². The molecule has 0 saturated carbocycles. The van der Waals surface area contributed by atoms with E-state index in [9.17, 15) is 9.59 Å². The van der Waals surface area contributed by atoms with Gasteiger partial charge in [-0.3, -0.25) is 14.2 Å². The third-order valence-corrected chi connectivity index (χ3v) is 6.17. The fourth-order valence-corrected chi connectivity index (χ4v) is 4.61. The van der Waals surface area contributed by atoms with E-state index in [-0.39, 0.29) is 17.5 Å². The summed E-state index contributed by atoms with van der Waals surface area (Å²) in [5, 5.41) is 1.19. The van der Waals surface area contributed by atoms with Gasteiger partial charge in [0.25, 0.3) is 5.56 Å². The molecule has 144 valence electrons. The first-order valence-electron chi connectivity index (χ1n) is 9.62. The van der Waals surface area contributed by atoms with E-state index in [0.29, 0.717) is 21.8 Å². The number of rotatable bonds is 5. The van der Waals surface area contributed by atoms with Crippen molar-refractivity contribution in [2.24, 2.45) is 0 Å². The van der Waals surface area contributed by atoms with Gasteiger partial charge >= 0.3 is 0 Å². The summed E-state index contributed by atoms with van der Waals surface area (Å²) < 4.78 is 1.72. The molecule has 1 saturated heterocycles. The zero-order valence-electron chi connectivity index (χ0n) is 15.9. The van der Waals surface area contributed by atoms with Crippen LogP contribution in [0.15, 0.2) is 64.5 Å². The fraction of sp³-hybridized carbons (Fsp3) is 0.318. The minimum absolute atomic E-state index is 0.0712. The summed E-state index contributed by atoms with van der Waals surface area (Å²) in [6.07, 6.45) is 2.14. The standard InChI is InChI=1S/C22H23N3O2S/c1-16(17-9-3-2-4-10-17)25-21(27)18-11-5-6-12-19(18)23-22(25)28-15-20(26)24-13-7-8-14-24/h2-6,9-12,16H,7-8,13-15H2,1H3/t16-/m1/s1. The van der Waals surface area contributed by atoms with Crippen molar-refractivity contribution >= 4 is 28.6 Å². The molecule has 0 radical (unpaired) electrons. The van der Waals surface area contributed by atoms with Gasteiger partial charge in [0, 0.05) is 13.1 Å². The second-order valence-corrected chi connectivity index (χ2v) is 7.99. The third-order valence-electron chi connectivity index (χ3n) is 5.23. The van der Waals surface area contributed by atoms with Gasteiger partial charge in [-0.1, -0.05) is 54.2 Å². The molecule has 0 bridgehead atoms. The summed E-state index contributed by atoms with van der Waals surface area (Å²) in [5.41, 5.74) is 1.63. The lowest BCUT2D eigenvalue weighted by molar-refractivity contribution is -0.127. The molecule has 4 rings (SSSR count). The summed E-state index contributed by atoms with van der Waals surface area (Å²) in [7, 11) is 0. The molecule has 1 aliphatic heterocycles. The second-order valence-electron chi connectivity index (χ2n) is 7.05. The normalized spacial score (nSPS) is 15.1. The summed E-state index contributed by atoms with van der Waals surface area (Å²) in [6.45, 7) is 3.66. The number of fused-ring (bicyclic) bond motifs is 1. The molecule has 1 amide bonds. The Hall–Kier alpha value is -2.60. The topological polar surface area (TPSA) is 55.2 Å². The molecule has 1 fully saturated rings. The number of carbonyl (C=O) groups is 1. The zero-order chi connectivity index (χ0) is 19.5. The maximum atomic E-state index is 13.3. The van der Waals surface area contributed by atoms with Gasteiger partial charge in [-0.15, -0.1) is 0 Å². The predicted molar refractivity (Wildman–Crippen MR) is 113 cm³/mol. The lowest BCUT2D eigenvalue weighted by Crippen LogP contribution is -2.30. The number of likely N-dealkylation sites (tertiary alicyclic amines) is 1. The lowest BCUT2D eigenvalue weighted by Gasteiger charge is -2.20. The van der Waals surface area contributed by atoms with Crippen molar-refractivity contribution in [1.82, 2.24) is 14.5 Å². The van der Waals surface area contributed by atoms with Crippen LogP contribution in [0.5, 0.6) is 0 Å². The van der Waals surface area contributed by atoms with Crippen LogP contribution in [0.3, 0.4) is 0 Å². The minimum Gasteiger partial charge on any atom is -0.342 e. The Morgan fingerprint density at radius 2 is 1.75 bits per heavy atom. The Kier molecular flexibility index (Phi) is 5.48. The van der Waals surface area contributed by atoms with E-state index in [0.717, 1.165) is 31.5 Å². The molecule has 2 heterocycles. The Balaban J connectivity index is 1.73. The highest BCUT2D eigenvalue weighted by molar-refractivity contribution is 7.99. The quantitative estimate of drug-likeness (QED) is 0.490. The van der Waals surface area contributed by atoms with Gasteiger partial charge in [0.1, 0.15) is 0 Å². The van der Waals surface area contributed by atoms with Gasteiger partial charge < -0.3 is 4.90 Å². The molecule has 1 atom stereocenters. The number of para-hydroxylation sites is 1. The van der Waals surface area contributed by atoms with E-state index >= 15 is 0 Å². The average molecular weight is 394 g/mol. The molecule has 0 spiro atoms. The highest BCUT2D eigenvalue weighted by Gasteiger charge is 2.21. The number of aromatic nitrogens is 2. The molecule has 1 aliphatic rings. The van der Waals surface area contributed by atoms with Crippen LogP contribution < -0.4 is 5.56 Å². The monoisotopic (exact) mass is 393 g/mol. The van der Waals surface area contributed by atoms with Crippen LogP contribution >= 0.6 is 11.8 Å². The minimum atomic E-state index is -0.171. The number of hydrogen-bond donors (Lipinski definition) is 0. The summed E-state index contributed by atoms with van der Waals surface area (Å²) >= 11 is 1.35. The molecule has 6 heteroatoms. The highest BCUT2D eigenvalue weighted by Crippen LogP contribution is 2.25. The third kappa shape index (κ3) is 3.69. The molecule has 2 aromatic carbocycles. The van der Waals surface area contributed by atoms with Gasteiger partial charge in [-0.25, -0.2) is 4.98 Å². The van der Waals surface area contributed by atoms with Gasteiger partial charge in [0.2, 0.25) is 5.91 Å². The average Bonchev–Trinajstić information content (AvgIpc) is 3.27. The Morgan fingerprint density at radius 1 is 1.07 bits per heavy atom. The van der Waals surface area contributed by atoms with Crippen LogP contribution in [0.1, 0.15) is 31.4 Å². The molecule has 0 aliphatic carbocycles. The van der Waals surface area contributed by atoms with Gasteiger partial charge in [0.15, 0.2) is 5.16 Å². The molecule has 0 unspecified atom stereocenters. The van der Waals surface area contributed by atoms with Crippen LogP contribution in [-0.2, 0) is 4.79 Å². The van der Waals surface area contributed by atoms with Crippen molar-refractivity contribution < 1.29 is 4.79 Å². The smallest absolute Gasteiger partial charge is 0.262 e. The van der Waals surface area contributed by atoms with Crippen LogP contribution in [0.4, 0.5) is 0 Å². The Morgan fingerprint density at radius 3 is 2.50 bits per heavy atom.